The van der Waals surface area contributed by atoms with Gasteiger partial charge < -0.3 is 70.0 Å². The van der Waals surface area contributed by atoms with E-state index in [0.717, 1.165) is 0 Å². The van der Waals surface area contributed by atoms with Crippen molar-refractivity contribution < 1.29 is 137 Å². The summed E-state index contributed by atoms with van der Waals surface area (Å²) in [5, 5.41) is 92.6. The molecule has 0 radical (unpaired) electrons. The number of carbonyl (C=O) groups excluding carboxylic acids is 6. The van der Waals surface area contributed by atoms with Crippen molar-refractivity contribution in [3.63, 3.8) is 0 Å². The molecule has 4 unspecified atom stereocenters. The average Bonchev–Trinajstić information content (AvgIpc) is 3.02. The number of carboxylic acids is 8. The van der Waals surface area contributed by atoms with E-state index in [9.17, 15) is 87.5 Å². The minimum absolute atomic E-state index is 1.31. The quantitative estimate of drug-likeness (QED) is 0.0236. The van der Waals surface area contributed by atoms with Crippen LogP contribution >= 0.6 is 0 Å². The Kier molecular flexibility index (Phi) is 18.3. The Morgan fingerprint density at radius 3 is 0.857 bits per heavy atom. The van der Waals surface area contributed by atoms with Crippen molar-refractivity contribution >= 4 is 83.6 Å². The molecule has 0 amide bonds. The molecular formula is C28H30O28. The van der Waals surface area contributed by atoms with Gasteiger partial charge in [-0.25, -0.2) is 19.2 Å². The normalized spacial score (nSPS) is 13.2. The predicted molar refractivity (Wildman–Crippen MR) is 157 cm³/mol. The second-order valence-corrected chi connectivity index (χ2v) is 11.1. The summed E-state index contributed by atoms with van der Waals surface area (Å²) >= 11 is 0. The number of esters is 6. The molecule has 0 spiro atoms. The molecule has 0 aromatic carbocycles. The van der Waals surface area contributed by atoms with E-state index in [2.05, 4.69) is 18.9 Å². The molecule has 310 valence electrons. The van der Waals surface area contributed by atoms with Crippen LogP contribution in [-0.4, -0.2) is 158 Å². The zero-order valence-corrected chi connectivity index (χ0v) is 27.8. The number of aliphatic hydroxyl groups is 2. The van der Waals surface area contributed by atoms with Crippen molar-refractivity contribution in [2.45, 2.75) is 74.8 Å². The van der Waals surface area contributed by atoms with E-state index in [4.69, 9.17) is 30.6 Å². The monoisotopic (exact) mass is 814 g/mol. The van der Waals surface area contributed by atoms with E-state index in [1.165, 1.54) is 0 Å². The fourth-order valence-corrected chi connectivity index (χ4v) is 4.19. The Morgan fingerprint density at radius 1 is 0.411 bits per heavy atom. The minimum Gasteiger partial charge on any atom is -0.481 e. The van der Waals surface area contributed by atoms with Crippen LogP contribution < -0.4 is 0 Å². The zero-order chi connectivity index (χ0) is 43.9. The number of rotatable bonds is 25. The minimum atomic E-state index is -3.32. The van der Waals surface area contributed by atoms with Gasteiger partial charge in [-0.15, -0.1) is 0 Å². The van der Waals surface area contributed by atoms with Crippen molar-refractivity contribution in [3.8, 4) is 0 Å². The Morgan fingerprint density at radius 2 is 0.661 bits per heavy atom. The topological polar surface area (TPSA) is 478 Å². The molecule has 0 aliphatic carbocycles. The molecule has 0 heterocycles. The lowest BCUT2D eigenvalue weighted by Gasteiger charge is -2.27. The van der Waals surface area contributed by atoms with Crippen LogP contribution in [0.5, 0.6) is 0 Å². The number of aliphatic carboxylic acids is 8. The fraction of sp³-hybridized carbons (Fsp3) is 0.500. The van der Waals surface area contributed by atoms with Gasteiger partial charge in [0.2, 0.25) is 11.2 Å². The summed E-state index contributed by atoms with van der Waals surface area (Å²) in [7, 11) is 0. The number of carbonyl (C=O) groups is 14. The Hall–Kier alpha value is -7.10. The summed E-state index contributed by atoms with van der Waals surface area (Å²) < 4.78 is 17.3. The van der Waals surface area contributed by atoms with Gasteiger partial charge in [-0.05, 0) is 0 Å². The van der Waals surface area contributed by atoms with Crippen LogP contribution in [-0.2, 0) is 86.1 Å². The van der Waals surface area contributed by atoms with E-state index in [-0.39, 0.29) is 0 Å². The maximum Gasteiger partial charge on any atom is 0.349 e. The number of aliphatic hydroxyl groups excluding tert-OH is 2. The fourth-order valence-electron chi connectivity index (χ4n) is 4.19. The maximum atomic E-state index is 12.5. The van der Waals surface area contributed by atoms with Crippen LogP contribution in [0.2, 0.25) is 0 Å². The van der Waals surface area contributed by atoms with Crippen LogP contribution in [0.15, 0.2) is 0 Å². The first-order chi connectivity index (χ1) is 25.6. The maximum absolute atomic E-state index is 12.5. The van der Waals surface area contributed by atoms with Gasteiger partial charge in [0.25, 0.3) is 0 Å². The van der Waals surface area contributed by atoms with Gasteiger partial charge in [0, 0.05) is 0 Å². The molecule has 0 bridgehead atoms. The van der Waals surface area contributed by atoms with Crippen LogP contribution in [0.1, 0.15) is 51.4 Å². The molecular weight excluding hydrogens is 784 g/mol. The van der Waals surface area contributed by atoms with Crippen molar-refractivity contribution in [1.29, 1.82) is 0 Å². The third kappa shape index (κ3) is 15.5. The number of ether oxygens (including phenoxy) is 4. The Labute approximate surface area is 307 Å². The highest BCUT2D eigenvalue weighted by atomic mass is 16.6. The summed E-state index contributed by atoms with van der Waals surface area (Å²) in [4.78, 5) is 165. The molecule has 0 aromatic heterocycles. The summed E-state index contributed by atoms with van der Waals surface area (Å²) in [5.41, 5.74) is -6.65. The zero-order valence-electron chi connectivity index (χ0n) is 27.8. The second-order valence-electron chi connectivity index (χ2n) is 11.1. The molecule has 0 aliphatic heterocycles. The summed E-state index contributed by atoms with van der Waals surface area (Å²) in [5.74, 6) is -34.3. The third-order valence-electron chi connectivity index (χ3n) is 6.75. The second kappa shape index (κ2) is 21.0. The SMILES string of the molecule is O=C(O)CC(CC(=O)O)(OC(=O)CC(C(=O)OC(=O)CCC(=O)OC(=O)C(CC(=O)OC(CC(=O)O)(CC(=O)O)C(=O)O)C(O)C(=O)O)C(O)C(=O)O)C(=O)O. The summed E-state index contributed by atoms with van der Waals surface area (Å²) in [6.07, 6.45) is -18.6. The van der Waals surface area contributed by atoms with Gasteiger partial charge in [0.05, 0.1) is 51.4 Å². The van der Waals surface area contributed by atoms with Crippen LogP contribution in [0, 0.1) is 11.8 Å². The molecule has 56 heavy (non-hydrogen) atoms. The highest BCUT2D eigenvalue weighted by Gasteiger charge is 2.50. The number of hydrogen-bond acceptors (Lipinski definition) is 20. The highest BCUT2D eigenvalue weighted by Crippen LogP contribution is 2.27. The summed E-state index contributed by atoms with van der Waals surface area (Å²) in [6, 6.07) is 0. The number of carboxylic acid groups (broad SMARTS) is 8. The predicted octanol–water partition coefficient (Wildman–Crippen LogP) is -4.56. The van der Waals surface area contributed by atoms with Gasteiger partial charge >= 0.3 is 83.6 Å². The molecule has 28 heteroatoms. The van der Waals surface area contributed by atoms with Crippen molar-refractivity contribution in [1.82, 2.24) is 0 Å². The lowest BCUT2D eigenvalue weighted by atomic mass is 9.94. The smallest absolute Gasteiger partial charge is 0.349 e. The third-order valence-corrected chi connectivity index (χ3v) is 6.75. The molecule has 0 fully saturated rings. The molecule has 28 nitrogen and oxygen atoms in total. The standard InChI is InChI=1S/C28H30O28/c29-11(30)5-27(25(49)50,6-12(31)32)55-17(39)3-9(19(41)21(43)44)23(47)53-15(37)1-2-16(38)54-24(48)10(20(42)22(45)46)4-18(40)56-28(26(51)52,7-13(33)34)8-14(35)36/h9-10,19-20,41-42H,1-8H2,(H,29,30)(H,31,32)(H,33,34)(H,35,36)(H,43,44)(H,45,46)(H,49,50)(H,51,52). The van der Waals surface area contributed by atoms with E-state index in [1.807, 2.05) is 0 Å². The van der Waals surface area contributed by atoms with E-state index >= 15 is 0 Å². The molecule has 0 saturated heterocycles. The molecule has 0 rings (SSSR count). The largest absolute Gasteiger partial charge is 0.481 e. The van der Waals surface area contributed by atoms with Gasteiger partial charge in [-0.3, -0.25) is 47.9 Å². The van der Waals surface area contributed by atoms with Gasteiger partial charge in [0.15, 0.2) is 12.2 Å². The van der Waals surface area contributed by atoms with Crippen molar-refractivity contribution in [2.24, 2.45) is 11.8 Å². The molecule has 10 N–H and O–H groups in total. The lowest BCUT2D eigenvalue weighted by Crippen LogP contribution is -2.48. The number of hydrogen-bond donors (Lipinski definition) is 10. The molecule has 0 aromatic rings. The summed E-state index contributed by atoms with van der Waals surface area (Å²) in [6.45, 7) is 0. The van der Waals surface area contributed by atoms with Crippen LogP contribution in [0.3, 0.4) is 0 Å². The van der Waals surface area contributed by atoms with E-state index in [1.54, 1.807) is 0 Å². The van der Waals surface area contributed by atoms with Crippen LogP contribution in [0.25, 0.3) is 0 Å². The molecule has 0 aliphatic rings. The first-order valence-corrected chi connectivity index (χ1v) is 14.7. The molecule has 0 saturated carbocycles. The van der Waals surface area contributed by atoms with Gasteiger partial charge in [-0.2, -0.15) is 0 Å². The van der Waals surface area contributed by atoms with Gasteiger partial charge in [-0.1, -0.05) is 0 Å². The average molecular weight is 815 g/mol. The lowest BCUT2D eigenvalue weighted by molar-refractivity contribution is -0.189. The van der Waals surface area contributed by atoms with E-state index < -0.39 is 170 Å². The van der Waals surface area contributed by atoms with Crippen molar-refractivity contribution in [2.75, 3.05) is 0 Å². The molecule has 4 atom stereocenters. The van der Waals surface area contributed by atoms with Crippen LogP contribution in [0.4, 0.5) is 0 Å². The first kappa shape index (κ1) is 48.9. The Balaban J connectivity index is 5.90. The van der Waals surface area contributed by atoms with Gasteiger partial charge in [0.1, 0.15) is 11.8 Å². The highest BCUT2D eigenvalue weighted by molar-refractivity contribution is 5.97. The Bertz CT molecular complexity index is 1500. The van der Waals surface area contributed by atoms with E-state index in [0.29, 0.717) is 0 Å². The first-order valence-electron chi connectivity index (χ1n) is 14.7. The van der Waals surface area contributed by atoms with Crippen molar-refractivity contribution in [3.05, 3.63) is 0 Å².